The molecular formula is C16H20F2IN3O. The maximum atomic E-state index is 13.5. The van der Waals surface area contributed by atoms with Crippen molar-refractivity contribution < 1.29 is 13.2 Å². The van der Waals surface area contributed by atoms with Gasteiger partial charge in [-0.3, -0.25) is 0 Å². The quantitative estimate of drug-likeness (QED) is 0.415. The number of nitrogens with zero attached hydrogens (tertiary/aromatic N) is 1. The largest absolute Gasteiger partial charge is 0.467 e. The second-order valence-electron chi connectivity index (χ2n) is 4.69. The summed E-state index contributed by atoms with van der Waals surface area (Å²) >= 11 is 0. The van der Waals surface area contributed by atoms with Gasteiger partial charge in [0, 0.05) is 19.2 Å². The van der Waals surface area contributed by atoms with Gasteiger partial charge in [0.2, 0.25) is 0 Å². The minimum absolute atomic E-state index is 0. The van der Waals surface area contributed by atoms with Crippen LogP contribution >= 0.6 is 24.0 Å². The summed E-state index contributed by atoms with van der Waals surface area (Å²) in [5.74, 6) is 0.296. The van der Waals surface area contributed by atoms with Gasteiger partial charge in [0.15, 0.2) is 5.96 Å². The smallest absolute Gasteiger partial charge is 0.191 e. The van der Waals surface area contributed by atoms with Crippen LogP contribution in [-0.2, 0) is 13.0 Å². The Hall–Kier alpha value is -1.64. The van der Waals surface area contributed by atoms with Gasteiger partial charge < -0.3 is 15.1 Å². The molecule has 0 amide bonds. The minimum Gasteiger partial charge on any atom is -0.467 e. The van der Waals surface area contributed by atoms with Crippen molar-refractivity contribution in [2.45, 2.75) is 19.9 Å². The molecule has 1 aromatic carbocycles. The zero-order chi connectivity index (χ0) is 15.8. The van der Waals surface area contributed by atoms with Crippen LogP contribution in [-0.4, -0.2) is 19.0 Å². The van der Waals surface area contributed by atoms with Crippen LogP contribution in [0.2, 0.25) is 0 Å². The molecule has 0 saturated heterocycles. The van der Waals surface area contributed by atoms with Crippen LogP contribution in [0, 0.1) is 11.6 Å². The Balaban J connectivity index is 0.00000264. The fraction of sp³-hybridized carbons (Fsp3) is 0.312. The minimum atomic E-state index is -0.567. The van der Waals surface area contributed by atoms with Gasteiger partial charge in [-0.05, 0) is 37.1 Å². The van der Waals surface area contributed by atoms with E-state index in [1.807, 2.05) is 19.1 Å². The van der Waals surface area contributed by atoms with Crippen molar-refractivity contribution in [3.63, 3.8) is 0 Å². The molecule has 1 aromatic heterocycles. The van der Waals surface area contributed by atoms with Crippen molar-refractivity contribution in [1.29, 1.82) is 0 Å². The maximum absolute atomic E-state index is 13.5. The van der Waals surface area contributed by atoms with E-state index in [0.717, 1.165) is 18.4 Å². The van der Waals surface area contributed by atoms with Crippen LogP contribution in [0.5, 0.6) is 0 Å². The molecule has 0 aliphatic rings. The first-order valence-electron chi connectivity index (χ1n) is 7.17. The summed E-state index contributed by atoms with van der Waals surface area (Å²) in [4.78, 5) is 4.37. The summed E-state index contributed by atoms with van der Waals surface area (Å²) in [6, 6.07) is 7.27. The Labute approximate surface area is 151 Å². The number of hydrogen-bond acceptors (Lipinski definition) is 2. The molecule has 2 aromatic rings. The second-order valence-corrected chi connectivity index (χ2v) is 4.69. The zero-order valence-electron chi connectivity index (χ0n) is 12.8. The number of nitrogens with one attached hydrogen (secondary N) is 2. The molecule has 0 aliphatic heterocycles. The molecule has 23 heavy (non-hydrogen) atoms. The molecule has 2 rings (SSSR count). The first-order chi connectivity index (χ1) is 10.7. The Morgan fingerprint density at radius 2 is 2.04 bits per heavy atom. The molecule has 0 fully saturated rings. The maximum Gasteiger partial charge on any atom is 0.191 e. The van der Waals surface area contributed by atoms with Crippen molar-refractivity contribution in [2.24, 2.45) is 4.99 Å². The molecule has 0 spiro atoms. The summed E-state index contributed by atoms with van der Waals surface area (Å²) in [7, 11) is 0. The van der Waals surface area contributed by atoms with Gasteiger partial charge in [-0.25, -0.2) is 13.8 Å². The molecule has 7 heteroatoms. The predicted octanol–water partition coefficient (Wildman–Crippen LogP) is 3.47. The van der Waals surface area contributed by atoms with Crippen molar-refractivity contribution in [3.8, 4) is 0 Å². The SMILES string of the molecule is CCNC(=NCc1ccco1)NCCc1ccc(F)cc1F.I. The first-order valence-corrected chi connectivity index (χ1v) is 7.17. The lowest BCUT2D eigenvalue weighted by Crippen LogP contribution is -2.38. The molecule has 0 radical (unpaired) electrons. The van der Waals surface area contributed by atoms with Crippen molar-refractivity contribution in [2.75, 3.05) is 13.1 Å². The van der Waals surface area contributed by atoms with Gasteiger partial charge in [0.25, 0.3) is 0 Å². The van der Waals surface area contributed by atoms with Gasteiger partial charge in [-0.15, -0.1) is 24.0 Å². The van der Waals surface area contributed by atoms with Crippen molar-refractivity contribution in [3.05, 3.63) is 59.6 Å². The summed E-state index contributed by atoms with van der Waals surface area (Å²) < 4.78 is 31.6. The third kappa shape index (κ3) is 6.55. The Kier molecular flexibility index (Phi) is 8.60. The third-order valence-electron chi connectivity index (χ3n) is 3.02. The molecule has 4 nitrogen and oxygen atoms in total. The van der Waals surface area contributed by atoms with E-state index in [-0.39, 0.29) is 24.0 Å². The number of guanidine groups is 1. The fourth-order valence-electron chi connectivity index (χ4n) is 1.94. The number of furan rings is 1. The monoisotopic (exact) mass is 435 g/mol. The Morgan fingerprint density at radius 1 is 1.22 bits per heavy atom. The highest BCUT2D eigenvalue weighted by Crippen LogP contribution is 2.09. The summed E-state index contributed by atoms with van der Waals surface area (Å²) in [6.45, 7) is 3.60. The van der Waals surface area contributed by atoms with Crippen LogP contribution in [0.15, 0.2) is 46.0 Å². The molecule has 126 valence electrons. The topological polar surface area (TPSA) is 49.6 Å². The normalized spacial score (nSPS) is 11.0. The highest BCUT2D eigenvalue weighted by atomic mass is 127. The third-order valence-corrected chi connectivity index (χ3v) is 3.02. The number of rotatable bonds is 6. The molecular weight excluding hydrogens is 415 g/mol. The lowest BCUT2D eigenvalue weighted by Gasteiger charge is -2.11. The van der Waals surface area contributed by atoms with Crippen molar-refractivity contribution >= 4 is 29.9 Å². The van der Waals surface area contributed by atoms with E-state index in [0.29, 0.717) is 31.0 Å². The lowest BCUT2D eigenvalue weighted by molar-refractivity contribution is 0.512. The second kappa shape index (κ2) is 10.2. The Bertz CT molecular complexity index is 618. The van der Waals surface area contributed by atoms with Crippen LogP contribution in [0.1, 0.15) is 18.2 Å². The molecule has 2 N–H and O–H groups in total. The van der Waals surface area contributed by atoms with Gasteiger partial charge in [0.05, 0.1) is 6.26 Å². The summed E-state index contributed by atoms with van der Waals surface area (Å²) in [5, 5.41) is 6.21. The molecule has 0 unspecified atom stereocenters. The van der Waals surface area contributed by atoms with Gasteiger partial charge >= 0.3 is 0 Å². The van der Waals surface area contributed by atoms with E-state index in [1.165, 1.54) is 12.1 Å². The highest BCUT2D eigenvalue weighted by molar-refractivity contribution is 14.0. The molecule has 0 aliphatic carbocycles. The van der Waals surface area contributed by atoms with E-state index >= 15 is 0 Å². The van der Waals surface area contributed by atoms with E-state index in [1.54, 1.807) is 6.26 Å². The average molecular weight is 435 g/mol. The van der Waals surface area contributed by atoms with E-state index in [9.17, 15) is 8.78 Å². The molecule has 0 atom stereocenters. The van der Waals surface area contributed by atoms with Crippen LogP contribution < -0.4 is 10.6 Å². The van der Waals surface area contributed by atoms with E-state index < -0.39 is 11.6 Å². The van der Waals surface area contributed by atoms with Gasteiger partial charge in [-0.2, -0.15) is 0 Å². The molecule has 1 heterocycles. The number of aliphatic imine (C=N–C) groups is 1. The predicted molar refractivity (Wildman–Crippen MR) is 97.0 cm³/mol. The zero-order valence-corrected chi connectivity index (χ0v) is 15.1. The van der Waals surface area contributed by atoms with E-state index in [4.69, 9.17) is 4.42 Å². The number of hydrogen-bond donors (Lipinski definition) is 2. The van der Waals surface area contributed by atoms with Crippen LogP contribution in [0.3, 0.4) is 0 Å². The average Bonchev–Trinajstić information content (AvgIpc) is 3.00. The van der Waals surface area contributed by atoms with Crippen LogP contribution in [0.25, 0.3) is 0 Å². The molecule has 0 bridgehead atoms. The number of halogens is 3. The first kappa shape index (κ1) is 19.4. The Morgan fingerprint density at radius 3 is 2.70 bits per heavy atom. The van der Waals surface area contributed by atoms with Gasteiger partial charge in [0.1, 0.15) is 23.9 Å². The highest BCUT2D eigenvalue weighted by Gasteiger charge is 2.04. The lowest BCUT2D eigenvalue weighted by atomic mass is 10.1. The number of benzene rings is 1. The van der Waals surface area contributed by atoms with Gasteiger partial charge in [-0.1, -0.05) is 6.07 Å². The molecule has 0 saturated carbocycles. The summed E-state index contributed by atoms with van der Waals surface area (Å²) in [5.41, 5.74) is 0.468. The summed E-state index contributed by atoms with van der Waals surface area (Å²) in [6.07, 6.45) is 2.04. The van der Waals surface area contributed by atoms with Crippen LogP contribution in [0.4, 0.5) is 8.78 Å². The van der Waals surface area contributed by atoms with Crippen molar-refractivity contribution in [1.82, 2.24) is 10.6 Å². The standard InChI is InChI=1S/C16H19F2N3O.HI/c1-2-19-16(21-11-14-4-3-9-22-14)20-8-7-12-5-6-13(17)10-15(12)18;/h3-6,9-10H,2,7-8,11H2,1H3,(H2,19,20,21);1H. The fourth-order valence-corrected chi connectivity index (χ4v) is 1.94. The van der Waals surface area contributed by atoms with E-state index in [2.05, 4.69) is 15.6 Å².